The molecule has 2 aromatic rings. The number of nitrogens with two attached hydrogens (primary N) is 1. The summed E-state index contributed by atoms with van der Waals surface area (Å²) in [5.74, 6) is -0.160. The van der Waals surface area contributed by atoms with Crippen LogP contribution in [0.4, 0.5) is 5.69 Å². The normalized spacial score (nSPS) is 16.4. The third-order valence-electron chi connectivity index (χ3n) is 4.76. The maximum atomic E-state index is 11.6. The molecule has 3 rings (SSSR count). The maximum Gasteiger partial charge on any atom is 0.240 e. The zero-order chi connectivity index (χ0) is 18.4. The maximum absolute atomic E-state index is 11.6. The first-order chi connectivity index (χ1) is 12.6. The van der Waals surface area contributed by atoms with Gasteiger partial charge in [0.1, 0.15) is 0 Å². The lowest BCUT2D eigenvalue weighted by Crippen LogP contribution is -2.45. The molecule has 3 N–H and O–H groups in total. The predicted molar refractivity (Wildman–Crippen MR) is 113 cm³/mol. The summed E-state index contributed by atoms with van der Waals surface area (Å²) in [5.41, 5.74) is 9.01. The van der Waals surface area contributed by atoms with Gasteiger partial charge in [-0.1, -0.05) is 42.5 Å². The van der Waals surface area contributed by atoms with E-state index in [9.17, 15) is 4.79 Å². The Morgan fingerprint density at radius 3 is 1.89 bits per heavy atom. The minimum absolute atomic E-state index is 0. The topological polar surface area (TPSA) is 61.6 Å². The molecule has 27 heavy (non-hydrogen) atoms. The zero-order valence-electron chi connectivity index (χ0n) is 15.8. The van der Waals surface area contributed by atoms with Gasteiger partial charge in [-0.2, -0.15) is 0 Å². The van der Waals surface area contributed by atoms with Crippen LogP contribution in [-0.4, -0.2) is 47.9 Å². The molecule has 5 nitrogen and oxygen atoms in total. The summed E-state index contributed by atoms with van der Waals surface area (Å²) in [6.45, 7) is 8.01. The summed E-state index contributed by atoms with van der Waals surface area (Å²) >= 11 is 0. The number of halogens is 1. The number of carbonyl (C=O) groups excluding carboxylic acids is 1. The van der Waals surface area contributed by atoms with Crippen LogP contribution in [-0.2, 0) is 17.9 Å². The fourth-order valence-corrected chi connectivity index (χ4v) is 3.15. The quantitative estimate of drug-likeness (QED) is 0.798. The Hall–Kier alpha value is -1.92. The molecule has 0 saturated carbocycles. The van der Waals surface area contributed by atoms with Gasteiger partial charge in [0.25, 0.3) is 0 Å². The fourth-order valence-electron chi connectivity index (χ4n) is 3.15. The number of rotatable bonds is 6. The first-order valence-electron chi connectivity index (χ1n) is 9.24. The van der Waals surface area contributed by atoms with Crippen LogP contribution >= 0.6 is 12.4 Å². The molecule has 1 heterocycles. The molecule has 0 aromatic heterocycles. The van der Waals surface area contributed by atoms with Crippen molar-refractivity contribution < 1.29 is 4.79 Å². The van der Waals surface area contributed by atoms with Crippen molar-refractivity contribution in [3.05, 3.63) is 65.7 Å². The zero-order valence-corrected chi connectivity index (χ0v) is 16.6. The van der Waals surface area contributed by atoms with Crippen molar-refractivity contribution in [1.29, 1.82) is 0 Å². The molecule has 0 aliphatic carbocycles. The van der Waals surface area contributed by atoms with Crippen molar-refractivity contribution in [1.82, 2.24) is 9.80 Å². The lowest BCUT2D eigenvalue weighted by molar-refractivity contribution is -0.117. The van der Waals surface area contributed by atoms with Crippen LogP contribution in [0, 0.1) is 0 Å². The van der Waals surface area contributed by atoms with Crippen LogP contribution in [0.15, 0.2) is 54.6 Å². The van der Waals surface area contributed by atoms with Crippen LogP contribution in [0.5, 0.6) is 0 Å². The summed E-state index contributed by atoms with van der Waals surface area (Å²) in [7, 11) is 0. The van der Waals surface area contributed by atoms with Crippen molar-refractivity contribution in [3.63, 3.8) is 0 Å². The van der Waals surface area contributed by atoms with Gasteiger partial charge >= 0.3 is 0 Å². The van der Waals surface area contributed by atoms with Gasteiger partial charge in [-0.05, 0) is 30.2 Å². The molecule has 0 bridgehead atoms. The average Bonchev–Trinajstić information content (AvgIpc) is 2.66. The van der Waals surface area contributed by atoms with Gasteiger partial charge in [0.05, 0.1) is 6.04 Å². The van der Waals surface area contributed by atoms with Gasteiger partial charge in [-0.15, -0.1) is 12.4 Å². The number of nitrogens with zero attached hydrogens (tertiary/aromatic N) is 2. The molecule has 1 aliphatic rings. The predicted octanol–water partition coefficient (Wildman–Crippen LogP) is 2.71. The molecule has 146 valence electrons. The standard InChI is InChI=1S/C21H28N4O.ClH/c1-17(22)21(26)23-20-9-7-19(8-10-20)16-25-13-11-24(12-14-25)15-18-5-3-2-4-6-18;/h2-10,17H,11-16,22H2,1H3,(H,23,26);1H. The van der Waals surface area contributed by atoms with Crippen molar-refractivity contribution in [2.45, 2.75) is 26.1 Å². The monoisotopic (exact) mass is 388 g/mol. The molecular weight excluding hydrogens is 360 g/mol. The van der Waals surface area contributed by atoms with Gasteiger partial charge in [0.2, 0.25) is 5.91 Å². The number of piperazine rings is 1. The van der Waals surface area contributed by atoms with Crippen LogP contribution < -0.4 is 11.1 Å². The third kappa shape index (κ3) is 6.63. The lowest BCUT2D eigenvalue weighted by Gasteiger charge is -2.34. The van der Waals surface area contributed by atoms with E-state index < -0.39 is 6.04 Å². The van der Waals surface area contributed by atoms with E-state index in [1.807, 2.05) is 12.1 Å². The number of amides is 1. The molecule has 1 fully saturated rings. The average molecular weight is 389 g/mol. The number of hydrogen-bond acceptors (Lipinski definition) is 4. The second-order valence-corrected chi connectivity index (χ2v) is 7.01. The Morgan fingerprint density at radius 1 is 0.926 bits per heavy atom. The number of carbonyl (C=O) groups is 1. The highest BCUT2D eigenvalue weighted by Crippen LogP contribution is 2.14. The van der Waals surface area contributed by atoms with E-state index in [1.165, 1.54) is 11.1 Å². The van der Waals surface area contributed by atoms with Gasteiger partial charge < -0.3 is 11.1 Å². The number of anilines is 1. The summed E-state index contributed by atoms with van der Waals surface area (Å²) in [6.07, 6.45) is 0. The Kier molecular flexibility index (Phi) is 8.25. The van der Waals surface area contributed by atoms with E-state index in [0.29, 0.717) is 0 Å². The largest absolute Gasteiger partial charge is 0.325 e. The van der Waals surface area contributed by atoms with Crippen LogP contribution in [0.3, 0.4) is 0 Å². The summed E-state index contributed by atoms with van der Waals surface area (Å²) < 4.78 is 0. The molecular formula is C21H29ClN4O. The Labute approximate surface area is 167 Å². The number of benzene rings is 2. The fraction of sp³-hybridized carbons (Fsp3) is 0.381. The SMILES string of the molecule is CC(N)C(=O)Nc1ccc(CN2CCN(Cc3ccccc3)CC2)cc1.Cl. The van der Waals surface area contributed by atoms with Crippen molar-refractivity contribution in [2.75, 3.05) is 31.5 Å². The smallest absolute Gasteiger partial charge is 0.240 e. The first kappa shape index (κ1) is 21.4. The van der Waals surface area contributed by atoms with Crippen molar-refractivity contribution >= 4 is 24.0 Å². The molecule has 0 radical (unpaired) electrons. The Morgan fingerprint density at radius 2 is 1.41 bits per heavy atom. The second-order valence-electron chi connectivity index (χ2n) is 7.01. The number of nitrogens with one attached hydrogen (secondary N) is 1. The highest BCUT2D eigenvalue weighted by Gasteiger charge is 2.17. The molecule has 1 aliphatic heterocycles. The first-order valence-corrected chi connectivity index (χ1v) is 9.24. The van der Waals surface area contributed by atoms with Gasteiger partial charge in [-0.3, -0.25) is 14.6 Å². The summed E-state index contributed by atoms with van der Waals surface area (Å²) in [6, 6.07) is 18.2. The third-order valence-corrected chi connectivity index (χ3v) is 4.76. The molecule has 1 amide bonds. The summed E-state index contributed by atoms with van der Waals surface area (Å²) in [4.78, 5) is 16.6. The van der Waals surface area contributed by atoms with Crippen LogP contribution in [0.1, 0.15) is 18.1 Å². The molecule has 2 aromatic carbocycles. The molecule has 1 atom stereocenters. The molecule has 6 heteroatoms. The van der Waals surface area contributed by atoms with Crippen molar-refractivity contribution in [3.8, 4) is 0 Å². The van der Waals surface area contributed by atoms with Gasteiger partial charge in [-0.25, -0.2) is 0 Å². The van der Waals surface area contributed by atoms with Gasteiger partial charge in [0, 0.05) is 45.0 Å². The number of hydrogen-bond donors (Lipinski definition) is 2. The Balaban J connectivity index is 0.00000261. The van der Waals surface area contributed by atoms with E-state index in [-0.39, 0.29) is 18.3 Å². The minimum Gasteiger partial charge on any atom is -0.325 e. The summed E-state index contributed by atoms with van der Waals surface area (Å²) in [5, 5.41) is 2.82. The van der Waals surface area contributed by atoms with Crippen LogP contribution in [0.25, 0.3) is 0 Å². The highest BCUT2D eigenvalue weighted by molar-refractivity contribution is 5.94. The van der Waals surface area contributed by atoms with E-state index in [0.717, 1.165) is 45.0 Å². The van der Waals surface area contributed by atoms with Crippen molar-refractivity contribution in [2.24, 2.45) is 5.73 Å². The molecule has 1 unspecified atom stereocenters. The minimum atomic E-state index is -0.498. The van der Waals surface area contributed by atoms with Crippen LogP contribution in [0.2, 0.25) is 0 Å². The van der Waals surface area contributed by atoms with E-state index in [4.69, 9.17) is 5.73 Å². The molecule has 0 spiro atoms. The van der Waals surface area contributed by atoms with E-state index >= 15 is 0 Å². The lowest BCUT2D eigenvalue weighted by atomic mass is 10.1. The highest BCUT2D eigenvalue weighted by atomic mass is 35.5. The van der Waals surface area contributed by atoms with Gasteiger partial charge in [0.15, 0.2) is 0 Å². The Bertz CT molecular complexity index is 698. The van der Waals surface area contributed by atoms with E-state index in [2.05, 4.69) is 57.6 Å². The van der Waals surface area contributed by atoms with E-state index in [1.54, 1.807) is 6.92 Å². The molecule has 1 saturated heterocycles. The second kappa shape index (κ2) is 10.4.